The predicted octanol–water partition coefficient (Wildman–Crippen LogP) is 1.79. The average Bonchev–Trinajstić information content (AvgIpc) is 2.72. The van der Waals surface area contributed by atoms with Crippen molar-refractivity contribution in [2.75, 3.05) is 11.1 Å². The number of aromatic nitrogens is 2. The van der Waals surface area contributed by atoms with E-state index in [0.717, 1.165) is 11.3 Å². The van der Waals surface area contributed by atoms with Crippen LogP contribution in [0.4, 0.5) is 24.0 Å². The van der Waals surface area contributed by atoms with Gasteiger partial charge in [-0.15, -0.1) is 10.2 Å². The Morgan fingerprint density at radius 3 is 2.61 bits per heavy atom. The zero-order valence-electron chi connectivity index (χ0n) is 8.58. The van der Waals surface area contributed by atoms with Gasteiger partial charge in [-0.1, -0.05) is 11.3 Å². The molecule has 0 spiro atoms. The highest BCUT2D eigenvalue weighted by atomic mass is 32.1. The lowest BCUT2D eigenvalue weighted by Gasteiger charge is -2.05. The van der Waals surface area contributed by atoms with E-state index >= 15 is 0 Å². The lowest BCUT2D eigenvalue weighted by atomic mass is 10.3. The molecule has 0 aliphatic rings. The molecular formula is C9H5F3N4OS. The number of benzene rings is 1. The van der Waals surface area contributed by atoms with Gasteiger partial charge in [0.2, 0.25) is 10.1 Å². The number of carbonyl (C=O) groups excluding carboxylic acids is 1. The van der Waals surface area contributed by atoms with Crippen molar-refractivity contribution in [1.29, 1.82) is 0 Å². The van der Waals surface area contributed by atoms with E-state index in [9.17, 15) is 18.0 Å². The maximum absolute atomic E-state index is 13.2. The van der Waals surface area contributed by atoms with E-state index in [1.807, 2.05) is 5.32 Å². The van der Waals surface area contributed by atoms with Crippen LogP contribution in [0.25, 0.3) is 0 Å². The highest BCUT2D eigenvalue weighted by Gasteiger charge is 2.17. The minimum absolute atomic E-state index is 0.0473. The molecular weight excluding hydrogens is 269 g/mol. The molecule has 0 saturated heterocycles. The number of nitrogens with one attached hydrogen (secondary N) is 1. The second kappa shape index (κ2) is 4.61. The second-order valence-corrected chi connectivity index (χ2v) is 4.16. The molecule has 0 radical (unpaired) electrons. The van der Waals surface area contributed by atoms with Gasteiger partial charge in [-0.3, -0.25) is 4.79 Å². The molecule has 0 saturated carbocycles. The van der Waals surface area contributed by atoms with Gasteiger partial charge in [-0.2, -0.15) is 0 Å². The third-order valence-electron chi connectivity index (χ3n) is 1.88. The van der Waals surface area contributed by atoms with E-state index in [2.05, 4.69) is 10.2 Å². The summed E-state index contributed by atoms with van der Waals surface area (Å²) in [6.45, 7) is 0. The number of anilines is 2. The smallest absolute Gasteiger partial charge is 0.286 e. The molecule has 9 heteroatoms. The van der Waals surface area contributed by atoms with E-state index in [1.54, 1.807) is 0 Å². The topological polar surface area (TPSA) is 80.9 Å². The first kappa shape index (κ1) is 12.3. The van der Waals surface area contributed by atoms with Gasteiger partial charge in [0.15, 0.2) is 11.6 Å². The van der Waals surface area contributed by atoms with Gasteiger partial charge in [0, 0.05) is 12.1 Å². The standard InChI is InChI=1S/C9H5F3N4OS/c10-3-1-4(11)6(12)5(2-3)14-7(17)8-15-16-9(13)18-8/h1-2H,(H2,13,16)(H,14,17). The lowest BCUT2D eigenvalue weighted by Crippen LogP contribution is -2.13. The molecule has 94 valence electrons. The molecule has 0 bridgehead atoms. The summed E-state index contributed by atoms with van der Waals surface area (Å²) < 4.78 is 39.0. The van der Waals surface area contributed by atoms with E-state index in [4.69, 9.17) is 5.73 Å². The number of hydrogen-bond donors (Lipinski definition) is 2. The van der Waals surface area contributed by atoms with Crippen LogP contribution < -0.4 is 11.1 Å². The highest BCUT2D eigenvalue weighted by molar-refractivity contribution is 7.16. The monoisotopic (exact) mass is 274 g/mol. The van der Waals surface area contributed by atoms with E-state index in [1.165, 1.54) is 0 Å². The molecule has 3 N–H and O–H groups in total. The number of nitrogen functional groups attached to an aromatic ring is 1. The Bertz CT molecular complexity index is 616. The number of nitrogens with zero attached hydrogens (tertiary/aromatic N) is 2. The Balaban J connectivity index is 2.27. The van der Waals surface area contributed by atoms with Crippen molar-refractivity contribution in [1.82, 2.24) is 10.2 Å². The Morgan fingerprint density at radius 1 is 1.28 bits per heavy atom. The molecule has 1 aromatic carbocycles. The maximum Gasteiger partial charge on any atom is 0.286 e. The summed E-state index contributed by atoms with van der Waals surface area (Å²) in [4.78, 5) is 11.5. The van der Waals surface area contributed by atoms with E-state index in [0.29, 0.717) is 12.1 Å². The summed E-state index contributed by atoms with van der Waals surface area (Å²) in [5, 5.41) is 8.67. The van der Waals surface area contributed by atoms with E-state index in [-0.39, 0.29) is 10.1 Å². The van der Waals surface area contributed by atoms with Crippen LogP contribution in [0.5, 0.6) is 0 Å². The largest absolute Gasteiger partial charge is 0.374 e. The Labute approximate surface area is 102 Å². The summed E-state index contributed by atoms with van der Waals surface area (Å²) in [5.41, 5.74) is 4.64. The van der Waals surface area contributed by atoms with Crippen molar-refractivity contribution in [3.05, 3.63) is 34.6 Å². The predicted molar refractivity (Wildman–Crippen MR) is 58.6 cm³/mol. The average molecular weight is 274 g/mol. The summed E-state index contributed by atoms with van der Waals surface area (Å²) in [7, 11) is 0. The molecule has 0 atom stereocenters. The minimum atomic E-state index is -1.40. The zero-order valence-corrected chi connectivity index (χ0v) is 9.39. The molecule has 5 nitrogen and oxygen atoms in total. The van der Waals surface area contributed by atoms with Gasteiger partial charge in [0.05, 0.1) is 5.69 Å². The summed E-state index contributed by atoms with van der Waals surface area (Å²) in [6, 6.07) is 1.02. The van der Waals surface area contributed by atoms with Crippen LogP contribution in [-0.4, -0.2) is 16.1 Å². The van der Waals surface area contributed by atoms with Gasteiger partial charge in [-0.25, -0.2) is 13.2 Å². The number of amides is 1. The lowest BCUT2D eigenvalue weighted by molar-refractivity contribution is 0.102. The minimum Gasteiger partial charge on any atom is -0.374 e. The van der Waals surface area contributed by atoms with Crippen molar-refractivity contribution in [3.63, 3.8) is 0 Å². The van der Waals surface area contributed by atoms with Crippen molar-refractivity contribution in [2.24, 2.45) is 0 Å². The number of carbonyl (C=O) groups is 1. The molecule has 1 heterocycles. The number of nitrogens with two attached hydrogens (primary N) is 1. The quantitative estimate of drug-likeness (QED) is 0.818. The Morgan fingerprint density at radius 2 is 2.00 bits per heavy atom. The number of halogens is 3. The van der Waals surface area contributed by atoms with Crippen molar-refractivity contribution in [2.45, 2.75) is 0 Å². The molecule has 1 aromatic heterocycles. The Kier molecular flexibility index (Phi) is 3.15. The molecule has 2 rings (SSSR count). The van der Waals surface area contributed by atoms with Gasteiger partial charge >= 0.3 is 0 Å². The first-order valence-electron chi connectivity index (χ1n) is 4.52. The molecule has 0 aliphatic carbocycles. The molecule has 2 aromatic rings. The molecule has 0 fully saturated rings. The SMILES string of the molecule is Nc1nnc(C(=O)Nc2cc(F)cc(F)c2F)s1. The number of hydrogen-bond acceptors (Lipinski definition) is 5. The molecule has 1 amide bonds. The third-order valence-corrected chi connectivity index (χ3v) is 2.63. The van der Waals surface area contributed by atoms with Gasteiger partial charge < -0.3 is 11.1 Å². The maximum atomic E-state index is 13.2. The Hall–Kier alpha value is -2.16. The van der Waals surface area contributed by atoms with Crippen LogP contribution in [0.2, 0.25) is 0 Å². The van der Waals surface area contributed by atoms with Crippen LogP contribution in [0.15, 0.2) is 12.1 Å². The van der Waals surface area contributed by atoms with Crippen molar-refractivity contribution < 1.29 is 18.0 Å². The van der Waals surface area contributed by atoms with Crippen LogP contribution in [-0.2, 0) is 0 Å². The fourth-order valence-electron chi connectivity index (χ4n) is 1.15. The fourth-order valence-corrected chi connectivity index (χ4v) is 1.65. The fraction of sp³-hybridized carbons (Fsp3) is 0. The number of rotatable bonds is 2. The highest BCUT2D eigenvalue weighted by Crippen LogP contribution is 2.20. The van der Waals surface area contributed by atoms with Gasteiger partial charge in [0.25, 0.3) is 5.91 Å². The zero-order chi connectivity index (χ0) is 13.3. The molecule has 0 aliphatic heterocycles. The second-order valence-electron chi connectivity index (χ2n) is 3.15. The van der Waals surface area contributed by atoms with Crippen LogP contribution >= 0.6 is 11.3 Å². The van der Waals surface area contributed by atoms with Crippen LogP contribution in [0.3, 0.4) is 0 Å². The normalized spacial score (nSPS) is 10.4. The summed E-state index contributed by atoms with van der Waals surface area (Å²) in [6.07, 6.45) is 0. The first-order valence-corrected chi connectivity index (χ1v) is 5.34. The summed E-state index contributed by atoms with van der Waals surface area (Å²) >= 11 is 0.763. The van der Waals surface area contributed by atoms with E-state index < -0.39 is 29.0 Å². The van der Waals surface area contributed by atoms with Gasteiger partial charge in [0.1, 0.15) is 5.82 Å². The molecule has 18 heavy (non-hydrogen) atoms. The van der Waals surface area contributed by atoms with Crippen LogP contribution in [0, 0.1) is 17.5 Å². The third kappa shape index (κ3) is 2.40. The van der Waals surface area contributed by atoms with Crippen LogP contribution in [0.1, 0.15) is 9.80 Å². The van der Waals surface area contributed by atoms with Crippen molar-refractivity contribution in [3.8, 4) is 0 Å². The van der Waals surface area contributed by atoms with Crippen molar-refractivity contribution >= 4 is 28.1 Å². The van der Waals surface area contributed by atoms with Gasteiger partial charge in [-0.05, 0) is 0 Å². The first-order chi connectivity index (χ1) is 8.47. The molecule has 0 unspecified atom stereocenters. The summed E-state index contributed by atoms with van der Waals surface area (Å²) in [5.74, 6) is -4.63.